The molecule has 2 aliphatic heterocycles. The largest absolute Gasteiger partial charge is 0.405 e. The minimum atomic E-state index is -1.48. The lowest BCUT2D eigenvalue weighted by atomic mass is 9.84. The first-order valence-electron chi connectivity index (χ1n) is 9.29. The monoisotopic (exact) mass is 378 g/mol. The Labute approximate surface area is 163 Å². The summed E-state index contributed by atoms with van der Waals surface area (Å²) in [6.07, 6.45) is -0.971. The summed E-state index contributed by atoms with van der Waals surface area (Å²) in [6, 6.07) is 13.4. The maximum atomic E-state index is 13.2. The van der Waals surface area contributed by atoms with Crippen molar-refractivity contribution in [3.05, 3.63) is 70.3 Å². The normalized spacial score (nSPS) is 23.4. The minimum Gasteiger partial charge on any atom is -0.405 e. The van der Waals surface area contributed by atoms with Crippen LogP contribution in [-0.4, -0.2) is 36.0 Å². The fourth-order valence-electron chi connectivity index (χ4n) is 3.85. The van der Waals surface area contributed by atoms with E-state index in [9.17, 15) is 4.79 Å². The Bertz CT molecular complexity index is 974. The third-order valence-electron chi connectivity index (χ3n) is 4.97. The van der Waals surface area contributed by atoms with Gasteiger partial charge in [-0.2, -0.15) is 0 Å². The number of cyclic esters (lactones) is 1. The van der Waals surface area contributed by atoms with E-state index in [4.69, 9.17) is 19.3 Å². The van der Waals surface area contributed by atoms with E-state index in [1.807, 2.05) is 58.0 Å². The van der Waals surface area contributed by atoms with Gasteiger partial charge in [0.2, 0.25) is 5.90 Å². The SMILES string of the molecule is CCOC1ON=C(c2c(C)cc(C)cc2C)C12N=C(c1ccccc1)OC2=O. The van der Waals surface area contributed by atoms with Gasteiger partial charge in [0.1, 0.15) is 5.71 Å². The lowest BCUT2D eigenvalue weighted by Gasteiger charge is -2.24. The van der Waals surface area contributed by atoms with Gasteiger partial charge in [-0.1, -0.05) is 41.1 Å². The molecule has 0 aliphatic carbocycles. The van der Waals surface area contributed by atoms with Crippen LogP contribution in [0.5, 0.6) is 0 Å². The van der Waals surface area contributed by atoms with Crippen molar-refractivity contribution in [2.45, 2.75) is 39.5 Å². The van der Waals surface area contributed by atoms with E-state index in [0.717, 1.165) is 22.3 Å². The number of aliphatic imine (C=N–C) groups is 1. The molecule has 0 bridgehead atoms. The number of oxime groups is 1. The van der Waals surface area contributed by atoms with E-state index in [2.05, 4.69) is 17.3 Å². The van der Waals surface area contributed by atoms with Gasteiger partial charge in [0.05, 0.1) is 0 Å². The Morgan fingerprint density at radius 3 is 2.43 bits per heavy atom. The molecule has 2 atom stereocenters. The van der Waals surface area contributed by atoms with E-state index >= 15 is 0 Å². The summed E-state index contributed by atoms with van der Waals surface area (Å²) in [5, 5.41) is 4.25. The van der Waals surface area contributed by atoms with E-state index in [0.29, 0.717) is 17.9 Å². The van der Waals surface area contributed by atoms with Crippen molar-refractivity contribution in [1.29, 1.82) is 0 Å². The van der Waals surface area contributed by atoms with Gasteiger partial charge in [-0.05, 0) is 51.0 Å². The molecule has 0 radical (unpaired) electrons. The topological polar surface area (TPSA) is 69.5 Å². The molecular weight excluding hydrogens is 356 g/mol. The quantitative estimate of drug-likeness (QED) is 0.764. The number of ether oxygens (including phenoxy) is 2. The highest BCUT2D eigenvalue weighted by molar-refractivity contribution is 6.26. The Balaban J connectivity index is 1.89. The molecule has 0 fully saturated rings. The summed E-state index contributed by atoms with van der Waals surface area (Å²) in [5.41, 5.74) is 3.62. The predicted molar refractivity (Wildman–Crippen MR) is 105 cm³/mol. The van der Waals surface area contributed by atoms with Crippen LogP contribution in [0.4, 0.5) is 0 Å². The first-order chi connectivity index (χ1) is 13.5. The molecule has 0 saturated heterocycles. The maximum Gasteiger partial charge on any atom is 0.354 e. The van der Waals surface area contributed by atoms with Crippen molar-refractivity contribution < 1.29 is 19.1 Å². The molecule has 6 heteroatoms. The number of carbonyl (C=O) groups excluding carboxylic acids is 1. The zero-order chi connectivity index (χ0) is 19.9. The van der Waals surface area contributed by atoms with Gasteiger partial charge in [0, 0.05) is 17.7 Å². The molecule has 0 amide bonds. The van der Waals surface area contributed by atoms with E-state index in [-0.39, 0.29) is 5.90 Å². The molecule has 4 rings (SSSR count). The molecule has 0 aromatic heterocycles. The van der Waals surface area contributed by atoms with Crippen LogP contribution in [0.3, 0.4) is 0 Å². The number of esters is 1. The summed E-state index contributed by atoms with van der Waals surface area (Å²) >= 11 is 0. The summed E-state index contributed by atoms with van der Waals surface area (Å²) in [6.45, 7) is 8.19. The molecule has 6 nitrogen and oxygen atoms in total. The van der Waals surface area contributed by atoms with Crippen LogP contribution in [0.15, 0.2) is 52.6 Å². The molecule has 2 aromatic carbocycles. The van der Waals surface area contributed by atoms with Gasteiger partial charge in [-0.15, -0.1) is 0 Å². The van der Waals surface area contributed by atoms with Crippen molar-refractivity contribution in [3.8, 4) is 0 Å². The average Bonchev–Trinajstić information content (AvgIpc) is 3.18. The van der Waals surface area contributed by atoms with Crippen LogP contribution >= 0.6 is 0 Å². The second kappa shape index (κ2) is 6.87. The second-order valence-electron chi connectivity index (χ2n) is 7.05. The van der Waals surface area contributed by atoms with Crippen LogP contribution in [0.25, 0.3) is 0 Å². The van der Waals surface area contributed by atoms with Gasteiger partial charge in [0.15, 0.2) is 0 Å². The van der Waals surface area contributed by atoms with Gasteiger partial charge < -0.3 is 14.3 Å². The van der Waals surface area contributed by atoms with Crippen molar-refractivity contribution in [1.82, 2.24) is 0 Å². The van der Waals surface area contributed by atoms with Crippen LogP contribution < -0.4 is 0 Å². The average molecular weight is 378 g/mol. The van der Waals surface area contributed by atoms with Crippen LogP contribution in [0.1, 0.15) is 34.7 Å². The van der Waals surface area contributed by atoms with Gasteiger partial charge in [0.25, 0.3) is 11.8 Å². The smallest absolute Gasteiger partial charge is 0.354 e. The number of rotatable bonds is 4. The summed E-state index contributed by atoms with van der Waals surface area (Å²) in [5.74, 6) is -0.295. The number of aryl methyl sites for hydroxylation is 3. The number of hydrogen-bond donors (Lipinski definition) is 0. The highest BCUT2D eigenvalue weighted by atomic mass is 16.8. The highest BCUT2D eigenvalue weighted by Gasteiger charge is 2.63. The summed E-state index contributed by atoms with van der Waals surface area (Å²) < 4.78 is 11.3. The lowest BCUT2D eigenvalue weighted by molar-refractivity contribution is -0.166. The molecule has 1 spiro atoms. The van der Waals surface area contributed by atoms with Crippen molar-refractivity contribution in [3.63, 3.8) is 0 Å². The zero-order valence-electron chi connectivity index (χ0n) is 16.4. The molecular formula is C22H22N2O4. The third kappa shape index (κ3) is 2.72. The Morgan fingerprint density at radius 1 is 1.11 bits per heavy atom. The first-order valence-corrected chi connectivity index (χ1v) is 9.29. The molecule has 0 saturated carbocycles. The van der Waals surface area contributed by atoms with Crippen LogP contribution in [0.2, 0.25) is 0 Å². The van der Waals surface area contributed by atoms with Crippen LogP contribution in [0, 0.1) is 20.8 Å². The van der Waals surface area contributed by atoms with Crippen molar-refractivity contribution in [2.24, 2.45) is 10.1 Å². The molecule has 2 unspecified atom stereocenters. The summed E-state index contributed by atoms with van der Waals surface area (Å²) in [4.78, 5) is 23.4. The van der Waals surface area contributed by atoms with E-state index in [1.165, 1.54) is 0 Å². The Hall–Kier alpha value is -2.99. The highest BCUT2D eigenvalue weighted by Crippen LogP contribution is 2.39. The number of hydrogen-bond acceptors (Lipinski definition) is 6. The first kappa shape index (κ1) is 18.4. The van der Waals surface area contributed by atoms with Gasteiger partial charge in [-0.25, -0.2) is 9.79 Å². The summed E-state index contributed by atoms with van der Waals surface area (Å²) in [7, 11) is 0. The van der Waals surface area contributed by atoms with E-state index in [1.54, 1.807) is 0 Å². The molecule has 2 aromatic rings. The number of nitrogens with zero attached hydrogens (tertiary/aromatic N) is 2. The fraction of sp³-hybridized carbons (Fsp3) is 0.318. The Kier molecular flexibility index (Phi) is 4.51. The van der Waals surface area contributed by atoms with Gasteiger partial charge in [-0.3, -0.25) is 0 Å². The fourth-order valence-corrected chi connectivity index (χ4v) is 3.85. The van der Waals surface area contributed by atoms with E-state index < -0.39 is 17.8 Å². The molecule has 2 aliphatic rings. The second-order valence-corrected chi connectivity index (χ2v) is 7.05. The lowest BCUT2D eigenvalue weighted by Crippen LogP contribution is -2.51. The van der Waals surface area contributed by atoms with Crippen molar-refractivity contribution >= 4 is 17.6 Å². The molecule has 2 heterocycles. The minimum absolute atomic E-state index is 0.246. The number of carbonyl (C=O) groups is 1. The molecule has 0 N–H and O–H groups in total. The Morgan fingerprint density at radius 2 is 1.79 bits per heavy atom. The van der Waals surface area contributed by atoms with Gasteiger partial charge >= 0.3 is 5.97 Å². The standard InChI is InChI=1S/C22H22N2O4/c1-5-26-21-22(20(25)27-19(23-22)16-9-7-6-8-10-16)18(24-28-21)17-14(3)11-13(2)12-15(17)4/h6-12,21H,5H2,1-4H3. The maximum absolute atomic E-state index is 13.2. The van der Waals surface area contributed by atoms with Crippen molar-refractivity contribution in [2.75, 3.05) is 6.61 Å². The molecule has 28 heavy (non-hydrogen) atoms. The third-order valence-corrected chi connectivity index (χ3v) is 4.97. The predicted octanol–water partition coefficient (Wildman–Crippen LogP) is 3.45. The number of benzene rings is 2. The van der Waals surface area contributed by atoms with Crippen LogP contribution in [-0.2, 0) is 19.1 Å². The molecule has 144 valence electrons. The zero-order valence-corrected chi connectivity index (χ0v) is 16.4.